The first-order valence-electron chi connectivity index (χ1n) is 10.2. The Morgan fingerprint density at radius 2 is 1.47 bits per heavy atom. The third kappa shape index (κ3) is 8.61. The van der Waals surface area contributed by atoms with E-state index in [4.69, 9.17) is 25.6 Å². The largest absolute Gasteiger partial charge is 0.466 e. The van der Waals surface area contributed by atoms with Gasteiger partial charge in [0.15, 0.2) is 0 Å². The molecule has 0 fully saturated rings. The molecule has 0 aromatic heterocycles. The lowest BCUT2D eigenvalue weighted by Gasteiger charge is -2.30. The van der Waals surface area contributed by atoms with Crippen LogP contribution in [0.15, 0.2) is 60.7 Å². The number of unbranched alkanes of at least 4 members (excludes halogenated alkanes) is 1. The second-order valence-electron chi connectivity index (χ2n) is 7.49. The second-order valence-corrected chi connectivity index (χ2v) is 7.49. The van der Waals surface area contributed by atoms with Crippen LogP contribution in [-0.2, 0) is 24.6 Å². The van der Waals surface area contributed by atoms with Gasteiger partial charge in [0.25, 0.3) is 0 Å². The quantitative estimate of drug-likeness (QED) is 0.193. The van der Waals surface area contributed by atoms with Crippen molar-refractivity contribution in [1.29, 1.82) is 0 Å². The van der Waals surface area contributed by atoms with Crippen molar-refractivity contribution in [3.63, 3.8) is 0 Å². The smallest absolute Gasteiger partial charge is 0.307 e. The molecule has 2 aromatic rings. The minimum Gasteiger partial charge on any atom is -0.466 e. The van der Waals surface area contributed by atoms with Gasteiger partial charge >= 0.3 is 5.97 Å². The zero-order chi connectivity index (χ0) is 23.4. The van der Waals surface area contributed by atoms with E-state index >= 15 is 0 Å². The summed E-state index contributed by atoms with van der Waals surface area (Å²) < 4.78 is 5.43. The first kappa shape index (κ1) is 25.8. The number of esters is 1. The molecule has 0 saturated heterocycles. The monoisotopic (exact) mass is 450 g/mol. The Bertz CT molecular complexity index is 750. The summed E-state index contributed by atoms with van der Waals surface area (Å²) >= 11 is 0. The Kier molecular flexibility index (Phi) is 10.7. The van der Waals surface area contributed by atoms with Crippen molar-refractivity contribution >= 4 is 5.97 Å². The van der Waals surface area contributed by atoms with Crippen molar-refractivity contribution in [2.24, 2.45) is 0 Å². The maximum absolute atomic E-state index is 12.6. The van der Waals surface area contributed by atoms with Crippen LogP contribution in [0.3, 0.4) is 0 Å². The fourth-order valence-corrected chi connectivity index (χ4v) is 3.43. The zero-order valence-corrected chi connectivity index (χ0v) is 17.9. The van der Waals surface area contributed by atoms with Crippen molar-refractivity contribution in [2.75, 3.05) is 13.2 Å². The van der Waals surface area contributed by atoms with Crippen LogP contribution in [0.1, 0.15) is 43.7 Å². The number of benzene rings is 2. The van der Waals surface area contributed by atoms with E-state index in [9.17, 15) is 4.79 Å². The summed E-state index contributed by atoms with van der Waals surface area (Å²) in [5.41, 5.74) is 1.49. The van der Waals surface area contributed by atoms with Gasteiger partial charge in [0, 0.05) is 5.41 Å². The van der Waals surface area contributed by atoms with Crippen LogP contribution in [0.5, 0.6) is 0 Å². The van der Waals surface area contributed by atoms with Crippen LogP contribution in [0.25, 0.3) is 0 Å². The predicted octanol–water partition coefficient (Wildman–Crippen LogP) is 3.49. The maximum atomic E-state index is 12.6. The van der Waals surface area contributed by atoms with Gasteiger partial charge < -0.3 is 4.74 Å². The van der Waals surface area contributed by atoms with E-state index in [2.05, 4.69) is 9.68 Å². The van der Waals surface area contributed by atoms with Crippen molar-refractivity contribution in [2.45, 2.75) is 44.1 Å². The average Bonchev–Trinajstić information content (AvgIpc) is 2.77. The lowest BCUT2D eigenvalue weighted by Crippen LogP contribution is -2.31. The van der Waals surface area contributed by atoms with Gasteiger partial charge in [-0.2, -0.15) is 0 Å². The van der Waals surface area contributed by atoms with Gasteiger partial charge in [0.1, 0.15) is 12.7 Å². The van der Waals surface area contributed by atoms with E-state index < -0.39 is 22.3 Å². The molecule has 0 aliphatic rings. The van der Waals surface area contributed by atoms with Crippen LogP contribution in [-0.4, -0.2) is 56.9 Å². The topological polar surface area (TPSA) is 132 Å². The Balaban J connectivity index is 1.86. The number of rotatable bonds is 14. The highest BCUT2D eigenvalue weighted by molar-refractivity contribution is 5.72. The van der Waals surface area contributed by atoms with Gasteiger partial charge in [-0.1, -0.05) is 67.6 Å². The van der Waals surface area contributed by atoms with Crippen molar-refractivity contribution in [1.82, 2.24) is 10.8 Å². The molecule has 4 N–H and O–H groups in total. The fourth-order valence-electron chi connectivity index (χ4n) is 3.43. The van der Waals surface area contributed by atoms with E-state index in [0.717, 1.165) is 11.1 Å². The number of carbonyl (C=O) groups is 1. The summed E-state index contributed by atoms with van der Waals surface area (Å²) in [7, 11) is 0. The summed E-state index contributed by atoms with van der Waals surface area (Å²) in [5, 5.41) is 33.7. The summed E-state index contributed by atoms with van der Waals surface area (Å²) in [6.07, 6.45) is 0.600. The molecule has 176 valence electrons. The van der Waals surface area contributed by atoms with Crippen LogP contribution in [0.4, 0.5) is 0 Å². The molecule has 0 bridgehead atoms. The Morgan fingerprint density at radius 1 is 0.906 bits per heavy atom. The third-order valence-electron chi connectivity index (χ3n) is 5.12. The highest BCUT2D eigenvalue weighted by Crippen LogP contribution is 2.35. The summed E-state index contributed by atoms with van der Waals surface area (Å²) in [6, 6.07) is 19.6. The number of hydrogen-bond donors (Lipinski definition) is 4. The Labute approximate surface area is 186 Å². The zero-order valence-electron chi connectivity index (χ0n) is 17.9. The number of carbonyl (C=O) groups excluding carboxylic acids is 1. The van der Waals surface area contributed by atoms with Crippen molar-refractivity contribution in [3.8, 4) is 0 Å². The lowest BCUT2D eigenvalue weighted by atomic mass is 9.74. The molecular weight excluding hydrogens is 420 g/mol. The molecule has 10 nitrogen and oxygen atoms in total. The van der Waals surface area contributed by atoms with E-state index in [0.29, 0.717) is 12.8 Å². The van der Waals surface area contributed by atoms with Crippen LogP contribution >= 0.6 is 0 Å². The first-order chi connectivity index (χ1) is 15.3. The molecule has 1 unspecified atom stereocenters. The van der Waals surface area contributed by atoms with Crippen molar-refractivity contribution in [3.05, 3.63) is 71.8 Å². The van der Waals surface area contributed by atoms with Gasteiger partial charge in [-0.05, 0) is 30.4 Å². The minimum atomic E-state index is -0.859. The second kappa shape index (κ2) is 13.2. The number of hydrogen-bond acceptors (Lipinski definition) is 10. The molecule has 0 radical (unpaired) electrons. The van der Waals surface area contributed by atoms with Gasteiger partial charge in [0.2, 0.25) is 0 Å². The molecule has 0 aliphatic heterocycles. The van der Waals surface area contributed by atoms with E-state index in [-0.39, 0.29) is 32.0 Å². The summed E-state index contributed by atoms with van der Waals surface area (Å²) in [6.45, 7) is 1.86. The molecule has 2 aromatic carbocycles. The highest BCUT2D eigenvalue weighted by Gasteiger charge is 2.32. The van der Waals surface area contributed by atoms with E-state index in [1.54, 1.807) is 0 Å². The molecule has 2 rings (SSSR count). The van der Waals surface area contributed by atoms with Crippen LogP contribution in [0.2, 0.25) is 0 Å². The lowest BCUT2D eigenvalue weighted by molar-refractivity contribution is -0.527. The molecule has 0 amide bonds. The molecule has 1 atom stereocenters. The van der Waals surface area contributed by atoms with Crippen LogP contribution in [0, 0.1) is 0 Å². The molecule has 10 heteroatoms. The summed E-state index contributed by atoms with van der Waals surface area (Å²) in [4.78, 5) is 21.7. The van der Waals surface area contributed by atoms with Gasteiger partial charge in [0.05, 0.1) is 23.8 Å². The molecule has 0 spiro atoms. The van der Waals surface area contributed by atoms with Gasteiger partial charge in [-0.15, -0.1) is 0 Å². The number of ether oxygens (including phenoxy) is 1. The van der Waals surface area contributed by atoms with Crippen molar-refractivity contribution < 1.29 is 40.0 Å². The standard InChI is InChI=1S/C22H30N2O8/c1-22(18-10-4-2-5-11-18,19-12-6-3-7-13-19)16-21(25)30-15-9-8-14-20(32-24(28)29)17-31-23(26)27/h2-7,10-13,20,26-29H,8-9,14-17H2,1H3. The molecular formula is C22H30N2O8. The third-order valence-corrected chi connectivity index (χ3v) is 5.12. The molecule has 0 aliphatic carbocycles. The Hall–Kier alpha value is -2.41. The van der Waals surface area contributed by atoms with Gasteiger partial charge in [-0.25, -0.2) is 9.68 Å². The Morgan fingerprint density at radius 3 is 1.97 bits per heavy atom. The maximum Gasteiger partial charge on any atom is 0.307 e. The van der Waals surface area contributed by atoms with Gasteiger partial charge in [-0.3, -0.25) is 25.6 Å². The SMILES string of the molecule is CC(CC(=O)OCCCCC(CON(O)O)ON(O)O)(c1ccccc1)c1ccccc1. The summed E-state index contributed by atoms with van der Waals surface area (Å²) in [5.74, 6) is -0.329. The molecule has 0 heterocycles. The average molecular weight is 450 g/mol. The van der Waals surface area contributed by atoms with E-state index in [1.165, 1.54) is 0 Å². The number of nitrogens with zero attached hydrogens (tertiary/aromatic N) is 2. The predicted molar refractivity (Wildman–Crippen MR) is 110 cm³/mol. The van der Waals surface area contributed by atoms with E-state index in [1.807, 2.05) is 67.6 Å². The van der Waals surface area contributed by atoms with Crippen LogP contribution < -0.4 is 0 Å². The fraction of sp³-hybridized carbons (Fsp3) is 0.409. The minimum absolute atomic E-state index is 0.174. The molecule has 0 saturated carbocycles. The first-order valence-corrected chi connectivity index (χ1v) is 10.2. The normalized spacial score (nSPS) is 12.8. The molecule has 32 heavy (non-hydrogen) atoms. The highest BCUT2D eigenvalue weighted by atomic mass is 17.1.